The number of nitrogens with two attached hydrogens (primary N) is 1. The average Bonchev–Trinajstić information content (AvgIpc) is 2.44. The lowest BCUT2D eigenvalue weighted by molar-refractivity contribution is 0.719. The molecule has 0 amide bonds. The van der Waals surface area contributed by atoms with Gasteiger partial charge in [0, 0.05) is 25.0 Å². The Balaban J connectivity index is 1.72. The number of hydrogen-bond donors (Lipinski definition) is 1. The highest BCUT2D eigenvalue weighted by atomic mass is 15.1. The molecule has 0 spiro atoms. The van der Waals surface area contributed by atoms with Crippen LogP contribution in [-0.2, 0) is 6.42 Å². The Morgan fingerprint density at radius 2 is 1.74 bits per heavy atom. The quantitative estimate of drug-likeness (QED) is 0.628. The molecule has 0 atom stereocenters. The fourth-order valence-corrected chi connectivity index (χ4v) is 2.24. The topological polar surface area (TPSA) is 29.3 Å². The molecule has 2 aromatic carbocycles. The van der Waals surface area contributed by atoms with Gasteiger partial charge >= 0.3 is 0 Å². The van der Waals surface area contributed by atoms with Gasteiger partial charge in [0.2, 0.25) is 0 Å². The van der Waals surface area contributed by atoms with Gasteiger partial charge in [-0.2, -0.15) is 0 Å². The van der Waals surface area contributed by atoms with Crippen molar-refractivity contribution in [1.29, 1.82) is 0 Å². The highest BCUT2D eigenvalue weighted by Crippen LogP contribution is 2.13. The fraction of sp³-hybridized carbons (Fsp3) is 0.294. The van der Waals surface area contributed by atoms with Crippen LogP contribution in [0.25, 0.3) is 0 Å². The predicted octanol–water partition coefficient (Wildman–Crippen LogP) is 3.73. The van der Waals surface area contributed by atoms with E-state index >= 15 is 0 Å². The number of unbranched alkanes of at least 4 members (excludes halogenated alkanes) is 1. The zero-order chi connectivity index (χ0) is 13.5. The van der Waals surface area contributed by atoms with E-state index in [0.29, 0.717) is 0 Å². The standard InChI is InChI=1S/C17H22N2/c1-19(17-11-3-2-4-12-17)13-6-5-8-15-9-7-10-16(18)14-15/h2-4,7,9-12,14H,5-6,8,13,18H2,1H3. The van der Waals surface area contributed by atoms with Crippen molar-refractivity contribution in [3.63, 3.8) is 0 Å². The number of anilines is 2. The molecule has 0 unspecified atom stereocenters. The molecule has 0 saturated carbocycles. The Bertz CT molecular complexity index is 494. The second-order valence-corrected chi connectivity index (χ2v) is 4.96. The minimum atomic E-state index is 0.860. The maximum atomic E-state index is 5.78. The first-order valence-corrected chi connectivity index (χ1v) is 6.86. The van der Waals surface area contributed by atoms with Gasteiger partial charge in [0.25, 0.3) is 0 Å². The van der Waals surface area contributed by atoms with E-state index in [1.54, 1.807) is 0 Å². The molecule has 0 aromatic heterocycles. The second-order valence-electron chi connectivity index (χ2n) is 4.96. The lowest BCUT2D eigenvalue weighted by atomic mass is 10.1. The lowest BCUT2D eigenvalue weighted by Crippen LogP contribution is -2.18. The van der Waals surface area contributed by atoms with E-state index in [9.17, 15) is 0 Å². The summed E-state index contributed by atoms with van der Waals surface area (Å²) in [6, 6.07) is 18.7. The van der Waals surface area contributed by atoms with Crippen LogP contribution >= 0.6 is 0 Å². The van der Waals surface area contributed by atoms with E-state index in [-0.39, 0.29) is 0 Å². The SMILES string of the molecule is CN(CCCCc1cccc(N)c1)c1ccccc1. The smallest absolute Gasteiger partial charge is 0.0363 e. The number of rotatable bonds is 6. The summed E-state index contributed by atoms with van der Waals surface area (Å²) in [6.45, 7) is 1.09. The summed E-state index contributed by atoms with van der Waals surface area (Å²) in [4.78, 5) is 2.30. The Hall–Kier alpha value is -1.96. The molecule has 2 rings (SSSR count). The van der Waals surface area contributed by atoms with Gasteiger partial charge in [-0.1, -0.05) is 30.3 Å². The zero-order valence-corrected chi connectivity index (χ0v) is 11.5. The maximum Gasteiger partial charge on any atom is 0.0363 e. The Morgan fingerprint density at radius 1 is 0.947 bits per heavy atom. The normalized spacial score (nSPS) is 10.4. The van der Waals surface area contributed by atoms with Crippen LogP contribution in [0.15, 0.2) is 54.6 Å². The van der Waals surface area contributed by atoms with Crippen LogP contribution in [0.4, 0.5) is 11.4 Å². The van der Waals surface area contributed by atoms with E-state index in [1.165, 1.54) is 24.1 Å². The van der Waals surface area contributed by atoms with Crippen molar-refractivity contribution in [1.82, 2.24) is 0 Å². The van der Waals surface area contributed by atoms with E-state index in [1.807, 2.05) is 12.1 Å². The molecule has 0 saturated heterocycles. The third-order valence-electron chi connectivity index (χ3n) is 3.36. The molecule has 0 aliphatic carbocycles. The predicted molar refractivity (Wildman–Crippen MR) is 83.5 cm³/mol. The first kappa shape index (κ1) is 13.5. The molecular formula is C17H22N2. The molecule has 100 valence electrons. The molecule has 0 aliphatic rings. The van der Waals surface area contributed by atoms with Crippen molar-refractivity contribution in [3.8, 4) is 0 Å². The number of para-hydroxylation sites is 1. The van der Waals surface area contributed by atoms with Gasteiger partial charge in [-0.3, -0.25) is 0 Å². The molecular weight excluding hydrogens is 232 g/mol. The van der Waals surface area contributed by atoms with Gasteiger partial charge in [0.1, 0.15) is 0 Å². The summed E-state index contributed by atoms with van der Waals surface area (Å²) >= 11 is 0. The van der Waals surface area contributed by atoms with Crippen LogP contribution in [0.1, 0.15) is 18.4 Å². The van der Waals surface area contributed by atoms with Crippen LogP contribution in [0.3, 0.4) is 0 Å². The highest BCUT2D eigenvalue weighted by molar-refractivity contribution is 5.44. The zero-order valence-electron chi connectivity index (χ0n) is 11.5. The minimum absolute atomic E-state index is 0.860. The number of aryl methyl sites for hydroxylation is 1. The van der Waals surface area contributed by atoms with Crippen LogP contribution < -0.4 is 10.6 Å². The van der Waals surface area contributed by atoms with Crippen LogP contribution in [0.2, 0.25) is 0 Å². The Labute approximate surface area is 115 Å². The molecule has 2 heteroatoms. The largest absolute Gasteiger partial charge is 0.399 e. The first-order chi connectivity index (χ1) is 9.25. The number of nitrogens with zero attached hydrogens (tertiary/aromatic N) is 1. The molecule has 19 heavy (non-hydrogen) atoms. The fourth-order valence-electron chi connectivity index (χ4n) is 2.24. The van der Waals surface area contributed by atoms with Crippen molar-refractivity contribution in [3.05, 3.63) is 60.2 Å². The van der Waals surface area contributed by atoms with Crippen LogP contribution in [-0.4, -0.2) is 13.6 Å². The third kappa shape index (κ3) is 4.32. The molecule has 0 heterocycles. The molecule has 0 bridgehead atoms. The summed E-state index contributed by atoms with van der Waals surface area (Å²) in [5, 5.41) is 0. The van der Waals surface area contributed by atoms with Gasteiger partial charge < -0.3 is 10.6 Å². The summed E-state index contributed by atoms with van der Waals surface area (Å²) in [6.07, 6.45) is 3.49. The highest BCUT2D eigenvalue weighted by Gasteiger charge is 2.00. The Kier molecular flexibility index (Phi) is 4.85. The lowest BCUT2D eigenvalue weighted by Gasteiger charge is -2.19. The minimum Gasteiger partial charge on any atom is -0.399 e. The second kappa shape index (κ2) is 6.83. The summed E-state index contributed by atoms with van der Waals surface area (Å²) in [5.74, 6) is 0. The first-order valence-electron chi connectivity index (χ1n) is 6.86. The van der Waals surface area contributed by atoms with Crippen molar-refractivity contribution < 1.29 is 0 Å². The van der Waals surface area contributed by atoms with E-state index in [0.717, 1.165) is 18.7 Å². The number of hydrogen-bond acceptors (Lipinski definition) is 2. The third-order valence-corrected chi connectivity index (χ3v) is 3.36. The van der Waals surface area contributed by atoms with Gasteiger partial charge in [-0.25, -0.2) is 0 Å². The Morgan fingerprint density at radius 3 is 2.47 bits per heavy atom. The van der Waals surface area contributed by atoms with Crippen LogP contribution in [0.5, 0.6) is 0 Å². The molecule has 0 aliphatic heterocycles. The molecule has 0 fully saturated rings. The summed E-state index contributed by atoms with van der Waals surface area (Å²) in [7, 11) is 2.15. The number of nitrogen functional groups attached to an aromatic ring is 1. The number of benzene rings is 2. The van der Waals surface area contributed by atoms with Gasteiger partial charge in [-0.05, 0) is 49.1 Å². The molecule has 2 N–H and O–H groups in total. The van der Waals surface area contributed by atoms with E-state index < -0.39 is 0 Å². The monoisotopic (exact) mass is 254 g/mol. The maximum absolute atomic E-state index is 5.78. The summed E-state index contributed by atoms with van der Waals surface area (Å²) in [5.41, 5.74) is 9.26. The van der Waals surface area contributed by atoms with Crippen molar-refractivity contribution in [2.45, 2.75) is 19.3 Å². The molecule has 0 radical (unpaired) electrons. The van der Waals surface area contributed by atoms with Gasteiger partial charge in [-0.15, -0.1) is 0 Å². The van der Waals surface area contributed by atoms with Gasteiger partial charge in [0.05, 0.1) is 0 Å². The van der Waals surface area contributed by atoms with Gasteiger partial charge in [0.15, 0.2) is 0 Å². The van der Waals surface area contributed by atoms with E-state index in [2.05, 4.69) is 54.4 Å². The van der Waals surface area contributed by atoms with Crippen LogP contribution in [0, 0.1) is 0 Å². The van der Waals surface area contributed by atoms with E-state index in [4.69, 9.17) is 5.73 Å². The summed E-state index contributed by atoms with van der Waals surface area (Å²) < 4.78 is 0. The van der Waals surface area contributed by atoms with Crippen molar-refractivity contribution in [2.24, 2.45) is 0 Å². The molecule has 2 aromatic rings. The van der Waals surface area contributed by atoms with Crippen molar-refractivity contribution in [2.75, 3.05) is 24.2 Å². The molecule has 2 nitrogen and oxygen atoms in total. The van der Waals surface area contributed by atoms with Crippen molar-refractivity contribution >= 4 is 11.4 Å². The average molecular weight is 254 g/mol.